The second-order valence-corrected chi connectivity index (χ2v) is 5.97. The molecule has 0 saturated heterocycles. The lowest BCUT2D eigenvalue weighted by molar-refractivity contribution is 0.318. The second kappa shape index (κ2) is 6.03. The van der Waals surface area contributed by atoms with Crippen LogP contribution in [-0.2, 0) is 6.42 Å². The zero-order valence-corrected chi connectivity index (χ0v) is 12.3. The summed E-state index contributed by atoms with van der Waals surface area (Å²) in [5.41, 5.74) is 7.29. The topological polar surface area (TPSA) is 84.4 Å². The Labute approximate surface area is 119 Å². The fourth-order valence-corrected chi connectivity index (χ4v) is 3.34. The Balaban J connectivity index is 2.20. The number of aryl methyl sites for hydroxylation is 2. The van der Waals surface area contributed by atoms with Crippen molar-refractivity contribution in [2.24, 2.45) is 10.9 Å². The van der Waals surface area contributed by atoms with Crippen molar-refractivity contribution in [1.29, 1.82) is 0 Å². The molecule has 2 rings (SSSR count). The first kappa shape index (κ1) is 13.8. The van der Waals surface area contributed by atoms with Crippen molar-refractivity contribution in [3.8, 4) is 0 Å². The summed E-state index contributed by atoms with van der Waals surface area (Å²) in [6, 6.07) is 5.76. The summed E-state index contributed by atoms with van der Waals surface area (Å²) in [6.07, 6.45) is 0.846. The third-order valence-electron chi connectivity index (χ3n) is 2.55. The molecule has 0 unspecified atom stereocenters. The monoisotopic (exact) mass is 294 g/mol. The minimum Gasteiger partial charge on any atom is -0.409 e. The first-order valence-electron chi connectivity index (χ1n) is 5.73. The third kappa shape index (κ3) is 3.24. The molecule has 1 aromatic carbocycles. The van der Waals surface area contributed by atoms with Crippen molar-refractivity contribution < 1.29 is 5.21 Å². The largest absolute Gasteiger partial charge is 0.409 e. The van der Waals surface area contributed by atoms with Crippen molar-refractivity contribution in [1.82, 2.24) is 9.36 Å². The van der Waals surface area contributed by atoms with Crippen LogP contribution in [0.2, 0.25) is 0 Å². The van der Waals surface area contributed by atoms with Gasteiger partial charge in [-0.15, -0.1) is 0 Å². The Hall–Kier alpha value is -1.60. The molecule has 0 spiro atoms. The summed E-state index contributed by atoms with van der Waals surface area (Å²) in [5.74, 6) is 0.996. The van der Waals surface area contributed by atoms with Gasteiger partial charge in [-0.05, 0) is 42.2 Å². The van der Waals surface area contributed by atoms with E-state index in [9.17, 15) is 0 Å². The number of aromatic nitrogens is 2. The number of oxime groups is 1. The lowest BCUT2D eigenvalue weighted by Crippen LogP contribution is -2.14. The van der Waals surface area contributed by atoms with E-state index in [1.807, 2.05) is 32.0 Å². The highest BCUT2D eigenvalue weighted by atomic mass is 32.2. The Morgan fingerprint density at radius 3 is 2.89 bits per heavy atom. The fourth-order valence-electron chi connectivity index (χ4n) is 1.56. The van der Waals surface area contributed by atoms with E-state index in [1.54, 1.807) is 11.8 Å². The van der Waals surface area contributed by atoms with Gasteiger partial charge in [-0.3, -0.25) is 0 Å². The van der Waals surface area contributed by atoms with Crippen LogP contribution in [0.25, 0.3) is 0 Å². The Bertz CT molecular complexity index is 610. The maximum absolute atomic E-state index is 8.69. The molecular formula is C12H14N4OS2. The first-order valence-corrected chi connectivity index (χ1v) is 7.32. The maximum Gasteiger partial charge on any atom is 0.174 e. The lowest BCUT2D eigenvalue weighted by atomic mass is 10.1. The van der Waals surface area contributed by atoms with Crippen molar-refractivity contribution in [2.75, 3.05) is 0 Å². The smallest absolute Gasteiger partial charge is 0.174 e. The van der Waals surface area contributed by atoms with E-state index in [0.29, 0.717) is 0 Å². The minimum absolute atomic E-state index is 0.123. The van der Waals surface area contributed by atoms with E-state index >= 15 is 0 Å². The van der Waals surface area contributed by atoms with Gasteiger partial charge in [-0.25, -0.2) is 4.98 Å². The molecule has 1 aromatic heterocycles. The van der Waals surface area contributed by atoms with Crippen molar-refractivity contribution >= 4 is 29.1 Å². The van der Waals surface area contributed by atoms with Crippen LogP contribution in [0.5, 0.6) is 0 Å². The van der Waals surface area contributed by atoms with E-state index in [1.165, 1.54) is 11.5 Å². The highest BCUT2D eigenvalue weighted by molar-refractivity contribution is 8.01. The first-order chi connectivity index (χ1) is 9.13. The zero-order chi connectivity index (χ0) is 13.8. The molecule has 1 heterocycles. The quantitative estimate of drug-likeness (QED) is 0.392. The van der Waals surface area contributed by atoms with Crippen LogP contribution in [0.15, 0.2) is 32.6 Å². The van der Waals surface area contributed by atoms with Gasteiger partial charge in [0.2, 0.25) is 0 Å². The summed E-state index contributed by atoms with van der Waals surface area (Å²) >= 11 is 2.97. The van der Waals surface area contributed by atoms with Crippen LogP contribution in [0, 0.1) is 6.92 Å². The molecule has 19 heavy (non-hydrogen) atoms. The van der Waals surface area contributed by atoms with Gasteiger partial charge >= 0.3 is 0 Å². The standard InChI is InChI=1S/C12H14N4OS2/c1-3-10-14-12(19-16-10)18-8-4-5-9(7(2)6-8)11(13)15-17/h4-6,17H,3H2,1-2H3,(H2,13,15). The molecule has 7 heteroatoms. The molecule has 0 amide bonds. The molecule has 0 atom stereocenters. The Morgan fingerprint density at radius 1 is 1.53 bits per heavy atom. The highest BCUT2D eigenvalue weighted by Gasteiger charge is 2.08. The van der Waals surface area contributed by atoms with Gasteiger partial charge in [-0.1, -0.05) is 23.8 Å². The molecule has 0 aliphatic carbocycles. The number of hydrogen-bond donors (Lipinski definition) is 2. The van der Waals surface area contributed by atoms with E-state index in [0.717, 1.165) is 32.6 Å². The van der Waals surface area contributed by atoms with Gasteiger partial charge in [0.05, 0.1) is 0 Å². The molecule has 5 nitrogen and oxygen atoms in total. The summed E-state index contributed by atoms with van der Waals surface area (Å²) in [5, 5.41) is 11.7. The van der Waals surface area contributed by atoms with Crippen molar-refractivity contribution in [3.63, 3.8) is 0 Å². The van der Waals surface area contributed by atoms with E-state index in [-0.39, 0.29) is 5.84 Å². The molecule has 3 N–H and O–H groups in total. The van der Waals surface area contributed by atoms with Crippen molar-refractivity contribution in [2.45, 2.75) is 29.5 Å². The van der Waals surface area contributed by atoms with Crippen LogP contribution in [0.3, 0.4) is 0 Å². The van der Waals surface area contributed by atoms with Crippen LogP contribution in [0.1, 0.15) is 23.9 Å². The summed E-state index contributed by atoms with van der Waals surface area (Å²) in [7, 11) is 0. The molecule has 0 saturated carbocycles. The molecule has 0 aliphatic rings. The minimum atomic E-state index is 0.123. The van der Waals surface area contributed by atoms with Crippen LogP contribution < -0.4 is 5.73 Å². The summed E-state index contributed by atoms with van der Waals surface area (Å²) in [6.45, 7) is 3.96. The van der Waals surface area contributed by atoms with Crippen LogP contribution >= 0.6 is 23.3 Å². The summed E-state index contributed by atoms with van der Waals surface area (Å²) < 4.78 is 5.17. The van der Waals surface area contributed by atoms with E-state index in [4.69, 9.17) is 10.9 Å². The van der Waals surface area contributed by atoms with Gasteiger partial charge < -0.3 is 10.9 Å². The van der Waals surface area contributed by atoms with Gasteiger partial charge in [0.25, 0.3) is 0 Å². The Morgan fingerprint density at radius 2 is 2.32 bits per heavy atom. The number of hydrogen-bond acceptors (Lipinski definition) is 6. The lowest BCUT2D eigenvalue weighted by Gasteiger charge is -2.05. The fraction of sp³-hybridized carbons (Fsp3) is 0.250. The molecule has 2 aromatic rings. The van der Waals surface area contributed by atoms with Gasteiger partial charge in [0.1, 0.15) is 5.82 Å². The third-order valence-corrected chi connectivity index (χ3v) is 4.33. The number of nitrogens with zero attached hydrogens (tertiary/aromatic N) is 3. The van der Waals surface area contributed by atoms with Gasteiger partial charge in [-0.2, -0.15) is 4.37 Å². The Kier molecular flexibility index (Phi) is 4.39. The van der Waals surface area contributed by atoms with Crippen LogP contribution in [0.4, 0.5) is 0 Å². The average Bonchev–Trinajstić information content (AvgIpc) is 2.86. The van der Waals surface area contributed by atoms with Crippen LogP contribution in [-0.4, -0.2) is 20.4 Å². The van der Waals surface area contributed by atoms with E-state index < -0.39 is 0 Å². The summed E-state index contributed by atoms with van der Waals surface area (Å²) in [4.78, 5) is 5.47. The molecule has 0 fully saturated rings. The number of amidine groups is 1. The predicted octanol–water partition coefficient (Wildman–Crippen LogP) is 2.65. The normalized spacial score (nSPS) is 11.8. The predicted molar refractivity (Wildman–Crippen MR) is 77.1 cm³/mol. The van der Waals surface area contributed by atoms with E-state index in [2.05, 4.69) is 14.5 Å². The molecule has 100 valence electrons. The second-order valence-electron chi connectivity index (χ2n) is 3.89. The molecule has 0 bridgehead atoms. The maximum atomic E-state index is 8.69. The molecule has 0 aliphatic heterocycles. The highest BCUT2D eigenvalue weighted by Crippen LogP contribution is 2.30. The SMILES string of the molecule is CCc1nsc(Sc2ccc(/C(N)=N/O)c(C)c2)n1. The van der Waals surface area contributed by atoms with Gasteiger partial charge in [0, 0.05) is 16.9 Å². The average molecular weight is 294 g/mol. The van der Waals surface area contributed by atoms with Gasteiger partial charge in [0.15, 0.2) is 10.2 Å². The zero-order valence-electron chi connectivity index (χ0n) is 10.6. The number of benzene rings is 1. The number of nitrogens with two attached hydrogens (primary N) is 1. The number of rotatable bonds is 4. The molecule has 0 radical (unpaired) electrons. The van der Waals surface area contributed by atoms with Crippen molar-refractivity contribution in [3.05, 3.63) is 35.2 Å². The molecular weight excluding hydrogens is 280 g/mol.